The molecular formula is C17H24O3. The Morgan fingerprint density at radius 3 is 2.60 bits per heavy atom. The summed E-state index contributed by atoms with van der Waals surface area (Å²) in [6, 6.07) is 7.64. The van der Waals surface area contributed by atoms with E-state index in [9.17, 15) is 4.79 Å². The van der Waals surface area contributed by atoms with Crippen LogP contribution in [-0.4, -0.2) is 18.2 Å². The van der Waals surface area contributed by atoms with Crippen molar-refractivity contribution in [1.29, 1.82) is 0 Å². The average molecular weight is 276 g/mol. The molecule has 0 bridgehead atoms. The van der Waals surface area contributed by atoms with Gasteiger partial charge in [-0.25, -0.2) is 4.79 Å². The lowest BCUT2D eigenvalue weighted by Gasteiger charge is -2.22. The Balaban J connectivity index is 2.69. The smallest absolute Gasteiger partial charge is 0.330 e. The number of hydrogen-bond donors (Lipinski definition) is 0. The number of unbranched alkanes of at least 4 members (excludes halogenated alkanes) is 1. The lowest BCUT2D eigenvalue weighted by atomic mass is 10.1. The number of hydrogen-bond acceptors (Lipinski definition) is 3. The molecule has 0 fully saturated rings. The van der Waals surface area contributed by atoms with Crippen molar-refractivity contribution in [2.24, 2.45) is 0 Å². The van der Waals surface area contributed by atoms with Gasteiger partial charge in [-0.15, -0.1) is 0 Å². The summed E-state index contributed by atoms with van der Waals surface area (Å²) < 4.78 is 10.9. The third-order valence-electron chi connectivity index (χ3n) is 2.48. The number of benzene rings is 1. The van der Waals surface area contributed by atoms with Crippen LogP contribution in [0.4, 0.5) is 0 Å². The van der Waals surface area contributed by atoms with Crippen molar-refractivity contribution in [3.05, 3.63) is 35.9 Å². The number of esters is 1. The molecule has 0 aliphatic carbocycles. The predicted octanol–water partition coefficient (Wildman–Crippen LogP) is 4.22. The molecule has 0 heterocycles. The van der Waals surface area contributed by atoms with E-state index in [0.29, 0.717) is 6.61 Å². The second-order valence-electron chi connectivity index (χ2n) is 5.61. The second-order valence-corrected chi connectivity index (χ2v) is 5.61. The fourth-order valence-electron chi connectivity index (χ4n) is 1.56. The molecule has 0 N–H and O–H groups in total. The van der Waals surface area contributed by atoms with Gasteiger partial charge in [-0.2, -0.15) is 0 Å². The molecule has 0 aromatic heterocycles. The largest absolute Gasteiger partial charge is 0.488 e. The van der Waals surface area contributed by atoms with E-state index in [1.165, 1.54) is 6.08 Å². The Morgan fingerprint density at radius 1 is 1.25 bits per heavy atom. The van der Waals surface area contributed by atoms with Gasteiger partial charge in [0.25, 0.3) is 0 Å². The first-order chi connectivity index (χ1) is 9.42. The van der Waals surface area contributed by atoms with Gasteiger partial charge in [-0.05, 0) is 39.3 Å². The Bertz CT molecular complexity index is 456. The minimum atomic E-state index is -0.316. The van der Waals surface area contributed by atoms with Gasteiger partial charge in [-0.1, -0.05) is 31.5 Å². The zero-order chi connectivity index (χ0) is 15.0. The lowest BCUT2D eigenvalue weighted by Crippen LogP contribution is -2.23. The van der Waals surface area contributed by atoms with E-state index < -0.39 is 0 Å². The minimum absolute atomic E-state index is 0.272. The number of rotatable bonds is 6. The van der Waals surface area contributed by atoms with Crippen LogP contribution in [0, 0.1) is 0 Å². The summed E-state index contributed by atoms with van der Waals surface area (Å²) in [4.78, 5) is 11.5. The normalized spacial score (nSPS) is 11.6. The maximum Gasteiger partial charge on any atom is 0.330 e. The van der Waals surface area contributed by atoms with Crippen molar-refractivity contribution < 1.29 is 14.3 Å². The summed E-state index contributed by atoms with van der Waals surface area (Å²) in [6.07, 6.45) is 5.08. The number of para-hydroxylation sites is 1. The molecule has 0 atom stereocenters. The van der Waals surface area contributed by atoms with E-state index in [1.807, 2.05) is 45.0 Å². The highest BCUT2D eigenvalue weighted by Crippen LogP contribution is 2.24. The van der Waals surface area contributed by atoms with Gasteiger partial charge < -0.3 is 9.47 Å². The van der Waals surface area contributed by atoms with Crippen molar-refractivity contribution in [2.75, 3.05) is 6.61 Å². The molecule has 110 valence electrons. The van der Waals surface area contributed by atoms with Crippen LogP contribution in [-0.2, 0) is 9.53 Å². The summed E-state index contributed by atoms with van der Waals surface area (Å²) in [5, 5.41) is 0. The Morgan fingerprint density at radius 2 is 1.95 bits per heavy atom. The molecule has 0 aliphatic heterocycles. The maximum atomic E-state index is 11.5. The van der Waals surface area contributed by atoms with Crippen LogP contribution in [0.5, 0.6) is 5.75 Å². The Kier molecular flexibility index (Phi) is 6.29. The molecule has 0 aliphatic rings. The Labute approximate surface area is 121 Å². The number of ether oxygens (including phenoxy) is 2. The van der Waals surface area contributed by atoms with Crippen LogP contribution < -0.4 is 4.74 Å². The zero-order valence-electron chi connectivity index (χ0n) is 12.8. The highest BCUT2D eigenvalue weighted by Gasteiger charge is 2.13. The molecule has 0 saturated heterocycles. The fraction of sp³-hybridized carbons (Fsp3) is 0.471. The van der Waals surface area contributed by atoms with Crippen LogP contribution in [0.25, 0.3) is 6.08 Å². The average Bonchev–Trinajstić information content (AvgIpc) is 2.36. The van der Waals surface area contributed by atoms with Crippen molar-refractivity contribution in [3.63, 3.8) is 0 Å². The summed E-state index contributed by atoms with van der Waals surface area (Å²) in [7, 11) is 0. The minimum Gasteiger partial charge on any atom is -0.488 e. The monoisotopic (exact) mass is 276 g/mol. The number of carbonyl (C=O) groups is 1. The highest BCUT2D eigenvalue weighted by molar-refractivity contribution is 5.87. The second kappa shape index (κ2) is 7.73. The highest BCUT2D eigenvalue weighted by atomic mass is 16.5. The van der Waals surface area contributed by atoms with Crippen LogP contribution in [0.15, 0.2) is 30.3 Å². The van der Waals surface area contributed by atoms with E-state index in [-0.39, 0.29) is 11.6 Å². The van der Waals surface area contributed by atoms with Gasteiger partial charge in [0.15, 0.2) is 0 Å². The van der Waals surface area contributed by atoms with Gasteiger partial charge in [0.2, 0.25) is 0 Å². The molecule has 0 unspecified atom stereocenters. The van der Waals surface area contributed by atoms with Crippen molar-refractivity contribution in [2.45, 2.75) is 46.1 Å². The molecule has 1 aromatic rings. The molecule has 1 aromatic carbocycles. The molecule has 0 saturated carbocycles. The molecule has 20 heavy (non-hydrogen) atoms. The van der Waals surface area contributed by atoms with E-state index in [2.05, 4.69) is 6.92 Å². The summed E-state index contributed by atoms with van der Waals surface area (Å²) in [5.74, 6) is 0.446. The topological polar surface area (TPSA) is 35.5 Å². The van der Waals surface area contributed by atoms with Gasteiger partial charge in [0, 0.05) is 11.6 Å². The van der Waals surface area contributed by atoms with E-state index in [0.717, 1.165) is 24.2 Å². The summed E-state index contributed by atoms with van der Waals surface area (Å²) >= 11 is 0. The first kappa shape index (κ1) is 16.3. The molecule has 3 heteroatoms. The maximum absolute atomic E-state index is 11.5. The molecule has 1 rings (SSSR count). The third-order valence-corrected chi connectivity index (χ3v) is 2.48. The summed E-state index contributed by atoms with van der Waals surface area (Å²) in [6.45, 7) is 8.51. The first-order valence-electron chi connectivity index (χ1n) is 7.05. The molecule has 0 amide bonds. The molecule has 0 radical (unpaired) electrons. The van der Waals surface area contributed by atoms with Crippen LogP contribution in [0.2, 0.25) is 0 Å². The van der Waals surface area contributed by atoms with Crippen LogP contribution in [0.1, 0.15) is 46.1 Å². The molecule has 0 spiro atoms. The van der Waals surface area contributed by atoms with Gasteiger partial charge >= 0.3 is 5.97 Å². The quantitative estimate of drug-likeness (QED) is 0.443. The van der Waals surface area contributed by atoms with E-state index in [1.54, 1.807) is 6.08 Å². The first-order valence-corrected chi connectivity index (χ1v) is 7.05. The van der Waals surface area contributed by atoms with Crippen molar-refractivity contribution in [1.82, 2.24) is 0 Å². The van der Waals surface area contributed by atoms with Crippen molar-refractivity contribution >= 4 is 12.0 Å². The number of carbonyl (C=O) groups excluding carboxylic acids is 1. The van der Waals surface area contributed by atoms with Gasteiger partial charge in [-0.3, -0.25) is 0 Å². The predicted molar refractivity (Wildman–Crippen MR) is 81.7 cm³/mol. The SMILES string of the molecule is CCCCOC(=O)/C=C/c1ccccc1OC(C)(C)C. The summed E-state index contributed by atoms with van der Waals surface area (Å²) in [5.41, 5.74) is 0.598. The van der Waals surface area contributed by atoms with Crippen LogP contribution in [0.3, 0.4) is 0 Å². The van der Waals surface area contributed by atoms with Gasteiger partial charge in [0.05, 0.1) is 6.61 Å². The zero-order valence-corrected chi connectivity index (χ0v) is 12.8. The standard InChI is InChI=1S/C17H24O3/c1-5-6-13-19-16(18)12-11-14-9-7-8-10-15(14)20-17(2,3)4/h7-12H,5-6,13H2,1-4H3/b12-11+. The van der Waals surface area contributed by atoms with Gasteiger partial charge in [0.1, 0.15) is 11.4 Å². The molecule has 3 nitrogen and oxygen atoms in total. The fourth-order valence-corrected chi connectivity index (χ4v) is 1.56. The van der Waals surface area contributed by atoms with Crippen molar-refractivity contribution in [3.8, 4) is 5.75 Å². The van der Waals surface area contributed by atoms with E-state index in [4.69, 9.17) is 9.47 Å². The van der Waals surface area contributed by atoms with E-state index >= 15 is 0 Å². The lowest BCUT2D eigenvalue weighted by molar-refractivity contribution is -0.137. The van der Waals surface area contributed by atoms with Crippen LogP contribution >= 0.6 is 0 Å². The Hall–Kier alpha value is -1.77. The molecular weight excluding hydrogens is 252 g/mol. The third kappa shape index (κ3) is 6.41.